The first kappa shape index (κ1) is 44.6. The smallest absolute Gasteiger partial charge is 0.247 e. The number of carbonyl (C=O) groups is 4. The van der Waals surface area contributed by atoms with E-state index in [1.54, 1.807) is 35.2 Å². The number of aromatic hydroxyl groups is 1. The summed E-state index contributed by atoms with van der Waals surface area (Å²) in [5, 5.41) is 28.2. The van der Waals surface area contributed by atoms with Crippen LogP contribution in [0.1, 0.15) is 110 Å². The van der Waals surface area contributed by atoms with E-state index in [1.807, 2.05) is 30.4 Å². The zero-order valence-electron chi connectivity index (χ0n) is 38.1. The molecule has 5 saturated heterocycles. The van der Waals surface area contributed by atoms with Crippen molar-refractivity contribution in [3.8, 4) is 5.75 Å². The van der Waals surface area contributed by atoms with E-state index in [-0.39, 0.29) is 54.4 Å². The number of phenols is 1. The Morgan fingerprint density at radius 3 is 2.38 bits per heavy atom. The van der Waals surface area contributed by atoms with Crippen LogP contribution in [0, 0.1) is 17.3 Å². The zero-order chi connectivity index (χ0) is 45.5. The molecule has 2 aromatic rings. The molecule has 13 nitrogen and oxygen atoms in total. The number of carbonyl (C=O) groups excluding carboxylic acids is 4. The molecule has 9 rings (SSSR count). The second-order valence-electron chi connectivity index (χ2n) is 20.7. The van der Waals surface area contributed by atoms with Gasteiger partial charge in [0, 0.05) is 30.4 Å². The molecular weight excluding hydrogens is 813 g/mol. The highest BCUT2D eigenvalue weighted by Crippen LogP contribution is 2.67. The fourth-order valence-corrected chi connectivity index (χ4v) is 12.6. The van der Waals surface area contributed by atoms with E-state index in [1.165, 1.54) is 32.6 Å². The Morgan fingerprint density at radius 2 is 1.70 bits per heavy atom. The molecule has 13 heteroatoms. The van der Waals surface area contributed by atoms with Crippen LogP contribution in [0.4, 0.5) is 5.69 Å². The largest absolute Gasteiger partial charge is 0.508 e. The average Bonchev–Trinajstić information content (AvgIpc) is 4.16. The van der Waals surface area contributed by atoms with E-state index in [2.05, 4.69) is 62.8 Å². The Hall–Kier alpha value is -4.56. The first-order valence-electron chi connectivity index (χ1n) is 23.6. The van der Waals surface area contributed by atoms with Gasteiger partial charge in [-0.25, -0.2) is 0 Å². The van der Waals surface area contributed by atoms with Crippen molar-refractivity contribution in [3.05, 3.63) is 84.5 Å². The van der Waals surface area contributed by atoms with E-state index < -0.39 is 77.0 Å². The molecule has 64 heavy (non-hydrogen) atoms. The average molecular weight is 879 g/mol. The van der Waals surface area contributed by atoms with Crippen LogP contribution in [0.25, 0.3) is 0 Å². The Labute approximate surface area is 376 Å². The van der Waals surface area contributed by atoms with Crippen LogP contribution in [0.2, 0.25) is 0 Å². The van der Waals surface area contributed by atoms with Crippen molar-refractivity contribution in [1.82, 2.24) is 15.5 Å². The van der Waals surface area contributed by atoms with Gasteiger partial charge in [0.05, 0.1) is 6.04 Å². The zero-order valence-corrected chi connectivity index (χ0v) is 38.1. The molecular formula is C51H66N4O9. The van der Waals surface area contributed by atoms with E-state index in [0.29, 0.717) is 12.3 Å². The summed E-state index contributed by atoms with van der Waals surface area (Å²) in [6.45, 7) is 16.6. The molecule has 0 aromatic heterocycles. The number of rotatable bonds is 17. The number of epoxide rings is 2. The highest BCUT2D eigenvalue weighted by molar-refractivity contribution is 5.99. The summed E-state index contributed by atoms with van der Waals surface area (Å²) in [7, 11) is 0. The molecule has 3 amide bonds. The number of nitrogens with zero attached hydrogens (tertiary/aromatic N) is 2. The summed E-state index contributed by atoms with van der Waals surface area (Å²) in [5.74, 6) is -0.124. The van der Waals surface area contributed by atoms with Gasteiger partial charge in [-0.3, -0.25) is 19.2 Å². The van der Waals surface area contributed by atoms with Crippen LogP contribution in [0.3, 0.4) is 0 Å². The molecule has 6 heterocycles. The number of unbranched alkanes of at least 4 members (excludes halogenated alkanes) is 3. The summed E-state index contributed by atoms with van der Waals surface area (Å²) in [5.41, 5.74) is -1.56. The highest BCUT2D eigenvalue weighted by Gasteiger charge is 2.84. The lowest BCUT2D eigenvalue weighted by Gasteiger charge is -2.48. The summed E-state index contributed by atoms with van der Waals surface area (Å²) in [6, 6.07) is 12.3. The lowest BCUT2D eigenvalue weighted by Crippen LogP contribution is -2.68. The van der Waals surface area contributed by atoms with Gasteiger partial charge in [-0.2, -0.15) is 0 Å². The molecule has 1 aliphatic carbocycles. The second-order valence-corrected chi connectivity index (χ2v) is 20.7. The SMILES string of the molecule is C=CC(C)(C)[C@@]12C[C@H]3C(=O)N[C@@H](Cc4ccc(O)cc4)C(=O)N3[C@@H]1N([C@H]1OC3(C[C@@H]1NC(=O)/C=C/[C@H](C)C[C@@H](C)CCCCCC)[C@@H]1O[C@@H]1C(O)(CC(C)=O)[C@@H]1O[C@@H]13)c1ccccc12. The number of hydrogen-bond donors (Lipinski definition) is 4. The minimum absolute atomic E-state index is 0.106. The monoisotopic (exact) mass is 878 g/mol. The number of hydrogen-bond acceptors (Lipinski definition) is 10. The van der Waals surface area contributed by atoms with E-state index >= 15 is 4.79 Å². The molecule has 1 spiro atoms. The predicted octanol–water partition coefficient (Wildman–Crippen LogP) is 5.75. The third-order valence-corrected chi connectivity index (χ3v) is 15.9. The number of piperazine rings is 1. The number of fused-ring (bicyclic) bond motifs is 9. The number of para-hydroxylation sites is 1. The summed E-state index contributed by atoms with van der Waals surface area (Å²) >= 11 is 0. The number of nitrogens with one attached hydrogen (secondary N) is 2. The third kappa shape index (κ3) is 7.20. The standard InChI is InChI=1S/C51H66N4O9/c1-8-10-11-12-15-29(3)24-30(4)18-23-39(58)52-36-27-51(42-40(62-42)50(61,26-31(5)56)41-43(51)63-41)64-46(36)55-37-17-14-13-16-34(37)49(48(6,7)9-2)28-38-44(59)53-35(45(60)54(38)47(49)55)25-32-19-21-33(57)22-20-32/h9,13-14,16-23,29-30,35-36,38,40-43,46-47,57,61H,2,8,10-12,15,24-28H2,1,3-7H3,(H,52,58)(H,53,59)/b23-18+/t29-,30-,35-,36-,38-,40-,41+,42+,43-,46-,47+,49+,50?,51?/m0/s1. The lowest BCUT2D eigenvalue weighted by atomic mass is 9.60. The van der Waals surface area contributed by atoms with Crippen molar-refractivity contribution in [2.24, 2.45) is 17.3 Å². The Bertz CT molecular complexity index is 2190. The molecule has 6 aliphatic heterocycles. The van der Waals surface area contributed by atoms with Gasteiger partial charge in [-0.15, -0.1) is 6.58 Å². The maximum absolute atomic E-state index is 15.2. The first-order chi connectivity index (χ1) is 30.5. The number of aliphatic hydroxyl groups is 1. The van der Waals surface area contributed by atoms with Crippen LogP contribution in [0.5, 0.6) is 5.75 Å². The highest BCUT2D eigenvalue weighted by atomic mass is 16.7. The number of Topliss-reactive ketones (excluding diaryl/α,β-unsaturated/α-hetero) is 1. The van der Waals surface area contributed by atoms with Crippen molar-refractivity contribution < 1.29 is 43.6 Å². The molecule has 2 aromatic carbocycles. The molecule has 344 valence electrons. The maximum atomic E-state index is 15.2. The predicted molar refractivity (Wildman–Crippen MR) is 240 cm³/mol. The molecule has 0 bridgehead atoms. The van der Waals surface area contributed by atoms with Crippen molar-refractivity contribution in [2.45, 2.75) is 177 Å². The maximum Gasteiger partial charge on any atom is 0.247 e. The molecule has 2 unspecified atom stereocenters. The Balaban J connectivity index is 1.09. The van der Waals surface area contributed by atoms with Crippen LogP contribution in [-0.2, 0) is 45.2 Å². The number of benzene rings is 2. The summed E-state index contributed by atoms with van der Waals surface area (Å²) in [6.07, 6.45) is 9.00. The van der Waals surface area contributed by atoms with Crippen molar-refractivity contribution in [2.75, 3.05) is 4.90 Å². The number of amides is 3. The normalized spacial score (nSPS) is 36.5. The Morgan fingerprint density at radius 1 is 1.00 bits per heavy atom. The topological polar surface area (TPSA) is 174 Å². The molecule has 0 radical (unpaired) electrons. The Kier molecular flexibility index (Phi) is 11.4. The van der Waals surface area contributed by atoms with Gasteiger partial charge in [0.2, 0.25) is 17.7 Å². The summed E-state index contributed by atoms with van der Waals surface area (Å²) < 4.78 is 20.0. The van der Waals surface area contributed by atoms with Gasteiger partial charge in [0.15, 0.2) is 6.23 Å². The fraction of sp³-hybridized carbons (Fsp3) is 0.608. The van der Waals surface area contributed by atoms with Crippen LogP contribution in [-0.4, -0.2) is 105 Å². The number of phenolic OH excluding ortho intramolecular Hbond substituents is 1. The van der Waals surface area contributed by atoms with Crippen LogP contribution >= 0.6 is 0 Å². The first-order valence-corrected chi connectivity index (χ1v) is 23.6. The quantitative estimate of drug-likeness (QED) is 0.0664. The minimum Gasteiger partial charge on any atom is -0.508 e. The molecule has 7 aliphatic rings. The van der Waals surface area contributed by atoms with Crippen molar-refractivity contribution >= 4 is 29.2 Å². The van der Waals surface area contributed by atoms with Gasteiger partial charge in [0.25, 0.3) is 0 Å². The van der Waals surface area contributed by atoms with Gasteiger partial charge in [-0.1, -0.05) is 109 Å². The molecule has 14 atom stereocenters. The van der Waals surface area contributed by atoms with Crippen LogP contribution < -0.4 is 15.5 Å². The number of allylic oxidation sites excluding steroid dienone is 2. The number of ether oxygens (including phenoxy) is 3. The number of anilines is 1. The van der Waals surface area contributed by atoms with Crippen molar-refractivity contribution in [1.29, 1.82) is 0 Å². The molecule has 1 saturated carbocycles. The van der Waals surface area contributed by atoms with E-state index in [4.69, 9.17) is 14.2 Å². The molecule has 4 N–H and O–H groups in total. The number of ketones is 1. The van der Waals surface area contributed by atoms with Gasteiger partial charge >= 0.3 is 0 Å². The second kappa shape index (κ2) is 16.4. The van der Waals surface area contributed by atoms with E-state index in [9.17, 15) is 24.6 Å². The van der Waals surface area contributed by atoms with Gasteiger partial charge < -0.3 is 44.9 Å². The molecule has 6 fully saturated rings. The summed E-state index contributed by atoms with van der Waals surface area (Å²) in [4.78, 5) is 60.1. The minimum atomic E-state index is -1.50. The van der Waals surface area contributed by atoms with E-state index in [0.717, 1.165) is 29.7 Å². The fourth-order valence-electron chi connectivity index (χ4n) is 12.6. The van der Waals surface area contributed by atoms with Crippen molar-refractivity contribution in [3.63, 3.8) is 0 Å². The van der Waals surface area contributed by atoms with Gasteiger partial charge in [-0.05, 0) is 72.4 Å². The van der Waals surface area contributed by atoms with Gasteiger partial charge in [0.1, 0.15) is 65.4 Å². The van der Waals surface area contributed by atoms with Crippen LogP contribution in [0.15, 0.2) is 73.3 Å². The lowest BCUT2D eigenvalue weighted by molar-refractivity contribution is -0.150. The third-order valence-electron chi connectivity index (χ3n) is 15.9.